The van der Waals surface area contributed by atoms with Crippen molar-refractivity contribution in [2.75, 3.05) is 24.6 Å². The van der Waals surface area contributed by atoms with Crippen molar-refractivity contribution in [3.8, 4) is 10.7 Å². The molecule has 0 saturated carbocycles. The minimum Gasteiger partial charge on any atom is -0.464 e. The minimum absolute atomic E-state index is 0.231. The van der Waals surface area contributed by atoms with Gasteiger partial charge in [0.15, 0.2) is 11.8 Å². The maximum atomic E-state index is 13.5. The van der Waals surface area contributed by atoms with E-state index in [-0.39, 0.29) is 12.0 Å². The van der Waals surface area contributed by atoms with Gasteiger partial charge in [-0.25, -0.2) is 14.8 Å². The van der Waals surface area contributed by atoms with Gasteiger partial charge in [0.25, 0.3) is 0 Å². The Labute approximate surface area is 279 Å². The number of fused-ring (bicyclic) bond motifs is 1. The van der Waals surface area contributed by atoms with Gasteiger partial charge in [-0.05, 0) is 77.3 Å². The molecule has 1 atom stereocenters. The number of aryl methyl sites for hydroxylation is 1. The van der Waals surface area contributed by atoms with Crippen LogP contribution in [0.5, 0.6) is 0 Å². The van der Waals surface area contributed by atoms with E-state index in [4.69, 9.17) is 24.5 Å². The highest BCUT2D eigenvalue weighted by molar-refractivity contribution is 9.10. The molecule has 1 fully saturated rings. The zero-order valence-corrected chi connectivity index (χ0v) is 29.6. The molecule has 1 saturated heterocycles. The Bertz CT molecular complexity index is 1670. The molecule has 0 N–H and O–H groups in total. The number of aromatic nitrogens is 4. The Morgan fingerprint density at radius 3 is 2.64 bits per heavy atom. The molecule has 0 amide bonds. The average Bonchev–Trinajstić information content (AvgIpc) is 3.63. The Kier molecular flexibility index (Phi) is 10.2. The van der Waals surface area contributed by atoms with E-state index in [1.165, 1.54) is 5.56 Å². The largest absolute Gasteiger partial charge is 0.464 e. The molecule has 45 heavy (non-hydrogen) atoms. The number of piperidine rings is 1. The summed E-state index contributed by atoms with van der Waals surface area (Å²) in [6.07, 6.45) is 7.92. The van der Waals surface area contributed by atoms with Crippen LogP contribution in [0.15, 0.2) is 53.7 Å². The van der Waals surface area contributed by atoms with E-state index in [2.05, 4.69) is 46.5 Å². The summed E-state index contributed by atoms with van der Waals surface area (Å²) in [7, 11) is 0. The lowest BCUT2D eigenvalue weighted by atomic mass is 9.76. The Morgan fingerprint density at radius 2 is 1.98 bits per heavy atom. The predicted molar refractivity (Wildman–Crippen MR) is 185 cm³/mol. The van der Waals surface area contributed by atoms with Gasteiger partial charge in [0, 0.05) is 46.8 Å². The van der Waals surface area contributed by atoms with E-state index in [1.807, 2.05) is 69.6 Å². The van der Waals surface area contributed by atoms with Crippen LogP contribution in [0.3, 0.4) is 0 Å². The lowest BCUT2D eigenvalue weighted by Crippen LogP contribution is -2.41. The second kappa shape index (κ2) is 13.7. The van der Waals surface area contributed by atoms with Crippen molar-refractivity contribution < 1.29 is 14.3 Å². The van der Waals surface area contributed by atoms with E-state index in [0.29, 0.717) is 11.2 Å². The van der Waals surface area contributed by atoms with Crippen molar-refractivity contribution in [1.29, 1.82) is 0 Å². The third-order valence-electron chi connectivity index (χ3n) is 8.36. The van der Waals surface area contributed by atoms with Crippen LogP contribution in [0.2, 0.25) is 0 Å². The Hall–Kier alpha value is -3.08. The summed E-state index contributed by atoms with van der Waals surface area (Å²) in [6.45, 7) is 17.8. The molecule has 0 aliphatic carbocycles. The van der Waals surface area contributed by atoms with Gasteiger partial charge in [0.1, 0.15) is 16.5 Å². The van der Waals surface area contributed by atoms with Crippen molar-refractivity contribution in [3.63, 3.8) is 0 Å². The van der Waals surface area contributed by atoms with Crippen LogP contribution in [-0.2, 0) is 20.7 Å². The number of hydrogen-bond donors (Lipinski definition) is 0. The molecule has 1 aliphatic rings. The van der Waals surface area contributed by atoms with Gasteiger partial charge in [-0.3, -0.25) is 0 Å². The molecule has 1 aromatic carbocycles. The normalized spacial score (nSPS) is 15.8. The fourth-order valence-corrected chi connectivity index (χ4v) is 7.24. The average molecular weight is 695 g/mol. The second-order valence-electron chi connectivity index (χ2n) is 13.1. The molecule has 0 radical (unpaired) electrons. The molecule has 1 unspecified atom stereocenters. The van der Waals surface area contributed by atoms with Gasteiger partial charge in [-0.15, -0.1) is 17.9 Å². The van der Waals surface area contributed by atoms with Crippen molar-refractivity contribution in [1.82, 2.24) is 19.6 Å². The van der Waals surface area contributed by atoms with Crippen LogP contribution >= 0.6 is 27.3 Å². The zero-order chi connectivity index (χ0) is 32.4. The molecule has 8 nitrogen and oxygen atoms in total. The quantitative estimate of drug-likeness (QED) is 0.115. The summed E-state index contributed by atoms with van der Waals surface area (Å²) in [5, 5.41) is 5.93. The van der Waals surface area contributed by atoms with Crippen LogP contribution in [0, 0.1) is 12.3 Å². The summed E-state index contributed by atoms with van der Waals surface area (Å²) >= 11 is 5.30. The molecule has 1 aliphatic heterocycles. The number of rotatable bonds is 11. The molecular weight excluding hydrogens is 650 g/mol. The van der Waals surface area contributed by atoms with Crippen molar-refractivity contribution in [2.45, 2.75) is 85.4 Å². The lowest BCUT2D eigenvalue weighted by molar-refractivity contribution is -0.166. The molecule has 5 rings (SSSR count). The highest BCUT2D eigenvalue weighted by Crippen LogP contribution is 2.41. The molecule has 0 bridgehead atoms. The Morgan fingerprint density at radius 1 is 1.24 bits per heavy atom. The maximum absolute atomic E-state index is 13.5. The first-order chi connectivity index (χ1) is 21.4. The molecule has 10 heteroatoms. The topological polar surface area (TPSA) is 81.8 Å². The van der Waals surface area contributed by atoms with Crippen LogP contribution in [-0.4, -0.2) is 50.8 Å². The summed E-state index contributed by atoms with van der Waals surface area (Å²) in [6, 6.07) is 10.2. The van der Waals surface area contributed by atoms with Crippen LogP contribution in [0.4, 0.5) is 5.82 Å². The van der Waals surface area contributed by atoms with Gasteiger partial charge < -0.3 is 14.4 Å². The summed E-state index contributed by atoms with van der Waals surface area (Å²) in [5.74, 6) is 0.414. The molecule has 240 valence electrons. The van der Waals surface area contributed by atoms with Crippen molar-refractivity contribution in [3.05, 3.63) is 75.4 Å². The van der Waals surface area contributed by atoms with E-state index in [9.17, 15) is 4.79 Å². The van der Waals surface area contributed by atoms with Crippen LogP contribution in [0.1, 0.15) is 88.1 Å². The number of anilines is 1. The third-order valence-corrected chi connectivity index (χ3v) is 10.1. The lowest BCUT2D eigenvalue weighted by Gasteiger charge is -2.41. The number of benzene rings is 1. The second-order valence-corrected chi connectivity index (χ2v) is 15.1. The molecule has 4 heterocycles. The van der Waals surface area contributed by atoms with E-state index in [0.717, 1.165) is 76.8 Å². The van der Waals surface area contributed by atoms with E-state index < -0.39 is 17.7 Å². The number of allylic oxidation sites excluding steroid dienone is 1. The first-order valence-electron chi connectivity index (χ1n) is 15.7. The summed E-state index contributed by atoms with van der Waals surface area (Å²) in [5.41, 5.74) is 3.73. The third kappa shape index (κ3) is 7.67. The fourth-order valence-electron chi connectivity index (χ4n) is 5.92. The van der Waals surface area contributed by atoms with Crippen LogP contribution < -0.4 is 4.90 Å². The van der Waals surface area contributed by atoms with Gasteiger partial charge in [0.05, 0.1) is 17.8 Å². The maximum Gasteiger partial charge on any atom is 0.340 e. The molecule has 0 spiro atoms. The number of nitrogens with zero attached hydrogens (tertiary/aromatic N) is 5. The van der Waals surface area contributed by atoms with Crippen LogP contribution in [0.25, 0.3) is 16.3 Å². The van der Waals surface area contributed by atoms with Gasteiger partial charge in [-0.2, -0.15) is 9.61 Å². The standard InChI is InChI=1S/C35H44BrN5O3S/c1-8-10-15-35(7)16-18-40(19-17-35)32-29(30(33(42)43-9-2)44-34(4,5)6)23(3)38-28-21-27(39-41(28)32)31-37-22-25(45-31)20-24-13-11-12-14-26(24)36/h8,11-14,21-22,30H,1,9-10,15-20H2,2-7H3. The van der Waals surface area contributed by atoms with Crippen molar-refractivity contribution in [2.24, 2.45) is 5.41 Å². The number of thiazole rings is 1. The SMILES string of the molecule is C=CCCC1(C)CCN(c2c(C(OC(C)(C)C)C(=O)OCC)c(C)nc3cc(-c4ncc(Cc5ccccc5Br)s4)nn23)CC1. The summed E-state index contributed by atoms with van der Waals surface area (Å²) in [4.78, 5) is 26.8. The highest BCUT2D eigenvalue weighted by atomic mass is 79.9. The first-order valence-corrected chi connectivity index (χ1v) is 17.3. The number of ether oxygens (including phenoxy) is 2. The number of carbonyl (C=O) groups is 1. The Balaban J connectivity index is 1.60. The van der Waals surface area contributed by atoms with E-state index >= 15 is 0 Å². The molecule has 4 aromatic rings. The minimum atomic E-state index is -0.950. The van der Waals surface area contributed by atoms with Gasteiger partial charge >= 0.3 is 5.97 Å². The van der Waals surface area contributed by atoms with Gasteiger partial charge in [-0.1, -0.05) is 47.1 Å². The number of hydrogen-bond acceptors (Lipinski definition) is 8. The fraction of sp³-hybridized carbons (Fsp3) is 0.486. The highest BCUT2D eigenvalue weighted by Gasteiger charge is 2.38. The smallest absolute Gasteiger partial charge is 0.340 e. The number of carbonyl (C=O) groups excluding carboxylic acids is 1. The monoisotopic (exact) mass is 693 g/mol. The first kappa shape index (κ1) is 33.3. The van der Waals surface area contributed by atoms with Crippen molar-refractivity contribution >= 4 is 44.7 Å². The molecule has 3 aromatic heterocycles. The van der Waals surface area contributed by atoms with E-state index in [1.54, 1.807) is 11.3 Å². The number of halogens is 1. The van der Waals surface area contributed by atoms with Gasteiger partial charge in [0.2, 0.25) is 0 Å². The summed E-state index contributed by atoms with van der Waals surface area (Å²) < 4.78 is 15.0. The zero-order valence-electron chi connectivity index (χ0n) is 27.2. The predicted octanol–water partition coefficient (Wildman–Crippen LogP) is 8.51. The molecular formula is C35H44BrN5O3S. The number of esters is 1.